The van der Waals surface area contributed by atoms with Crippen LogP contribution in [0.3, 0.4) is 0 Å². The van der Waals surface area contributed by atoms with Crippen LogP contribution in [-0.2, 0) is 4.74 Å². The lowest BCUT2D eigenvalue weighted by molar-refractivity contribution is 0.122. The van der Waals surface area contributed by atoms with Crippen LogP contribution in [0.1, 0.15) is 11.3 Å². The largest absolute Gasteiger partial charge is 0.378 e. The number of aryl methyl sites for hydroxylation is 1. The monoisotopic (exact) mass is 342 g/mol. The molecule has 1 aliphatic heterocycles. The van der Waals surface area contributed by atoms with Gasteiger partial charge in [0, 0.05) is 24.2 Å². The lowest BCUT2D eigenvalue weighted by atomic mass is 10.2. The van der Waals surface area contributed by atoms with E-state index in [4.69, 9.17) is 4.74 Å². The zero-order valence-corrected chi connectivity index (χ0v) is 14.7. The summed E-state index contributed by atoms with van der Waals surface area (Å²) in [6, 6.07) is 8.47. The van der Waals surface area contributed by atoms with Crippen LogP contribution in [-0.4, -0.2) is 43.7 Å². The summed E-state index contributed by atoms with van der Waals surface area (Å²) < 4.78 is 7.26. The third-order valence-electron chi connectivity index (χ3n) is 3.80. The highest BCUT2D eigenvalue weighted by molar-refractivity contribution is 7.07. The van der Waals surface area contributed by atoms with Gasteiger partial charge in [0.2, 0.25) is 4.80 Å². The number of aromatic nitrogens is 1. The molecule has 0 aliphatic carbocycles. The second-order valence-electron chi connectivity index (χ2n) is 5.54. The molecule has 2 heterocycles. The minimum Gasteiger partial charge on any atom is -0.378 e. The third-order valence-corrected chi connectivity index (χ3v) is 4.77. The molecule has 0 unspecified atom stereocenters. The van der Waals surface area contributed by atoms with E-state index >= 15 is 0 Å². The average molecular weight is 342 g/mol. The summed E-state index contributed by atoms with van der Waals surface area (Å²) in [5, 5.41) is 6.63. The van der Waals surface area contributed by atoms with Gasteiger partial charge in [-0.1, -0.05) is 18.2 Å². The Morgan fingerprint density at radius 3 is 2.71 bits per heavy atom. The summed E-state index contributed by atoms with van der Waals surface area (Å²) in [6.07, 6.45) is 3.66. The van der Waals surface area contributed by atoms with Crippen LogP contribution in [0.2, 0.25) is 0 Å². The van der Waals surface area contributed by atoms with E-state index in [1.165, 1.54) is 5.69 Å². The van der Waals surface area contributed by atoms with E-state index in [-0.39, 0.29) is 0 Å². The first kappa shape index (κ1) is 16.7. The Morgan fingerprint density at radius 2 is 2.00 bits per heavy atom. The maximum Gasteiger partial charge on any atom is 0.206 e. The minimum absolute atomic E-state index is 0.601. The first-order valence-corrected chi connectivity index (χ1v) is 8.91. The van der Waals surface area contributed by atoms with Gasteiger partial charge in [0.05, 0.1) is 31.7 Å². The highest BCUT2D eigenvalue weighted by Crippen LogP contribution is 2.16. The number of thiazole rings is 1. The Labute approximate surface area is 146 Å². The van der Waals surface area contributed by atoms with Crippen molar-refractivity contribution in [2.45, 2.75) is 6.92 Å². The summed E-state index contributed by atoms with van der Waals surface area (Å²) >= 11 is 1.59. The Kier molecular flexibility index (Phi) is 5.61. The van der Waals surface area contributed by atoms with Gasteiger partial charge in [-0.15, -0.1) is 17.9 Å². The van der Waals surface area contributed by atoms with Crippen LogP contribution in [0.4, 0.5) is 5.69 Å². The van der Waals surface area contributed by atoms with E-state index in [2.05, 4.69) is 51.2 Å². The molecule has 0 amide bonds. The van der Waals surface area contributed by atoms with Gasteiger partial charge in [0.1, 0.15) is 0 Å². The smallest absolute Gasteiger partial charge is 0.206 e. The summed E-state index contributed by atoms with van der Waals surface area (Å²) in [6.45, 7) is 9.83. The highest BCUT2D eigenvalue weighted by Gasteiger charge is 2.10. The molecule has 2 aromatic rings. The van der Waals surface area contributed by atoms with E-state index in [0.717, 1.165) is 42.4 Å². The predicted molar refractivity (Wildman–Crippen MR) is 100 cm³/mol. The highest BCUT2D eigenvalue weighted by atomic mass is 32.1. The van der Waals surface area contributed by atoms with Crippen LogP contribution in [0.15, 0.2) is 52.4 Å². The van der Waals surface area contributed by atoms with Crippen molar-refractivity contribution in [2.75, 3.05) is 37.7 Å². The molecule has 6 heteroatoms. The van der Waals surface area contributed by atoms with Crippen molar-refractivity contribution in [3.8, 4) is 0 Å². The van der Waals surface area contributed by atoms with Crippen LogP contribution in [0.25, 0.3) is 0 Å². The van der Waals surface area contributed by atoms with E-state index < -0.39 is 0 Å². The van der Waals surface area contributed by atoms with Crippen LogP contribution in [0.5, 0.6) is 0 Å². The quantitative estimate of drug-likeness (QED) is 0.619. The molecule has 3 rings (SSSR count). The Bertz CT molecular complexity index is 767. The minimum atomic E-state index is 0.601. The van der Waals surface area contributed by atoms with Gasteiger partial charge >= 0.3 is 0 Å². The lowest BCUT2D eigenvalue weighted by Gasteiger charge is -2.28. The molecule has 24 heavy (non-hydrogen) atoms. The molecule has 1 fully saturated rings. The van der Waals surface area contributed by atoms with E-state index in [0.29, 0.717) is 6.54 Å². The molecule has 0 saturated carbocycles. The fraction of sp³-hybridized carbons (Fsp3) is 0.333. The van der Waals surface area contributed by atoms with Crippen molar-refractivity contribution >= 4 is 23.2 Å². The molecule has 1 aromatic heterocycles. The first-order chi connectivity index (χ1) is 11.8. The average Bonchev–Trinajstić information content (AvgIpc) is 2.99. The standard InChI is InChI=1S/C18H22N4OS/c1-3-8-19-18-22(15(2)14-24-18)20-13-16-4-6-17(7-5-16)21-9-11-23-12-10-21/h3-7,13-14H,1,8-12H2,2H3. The van der Waals surface area contributed by atoms with Gasteiger partial charge in [0.25, 0.3) is 0 Å². The summed E-state index contributed by atoms with van der Waals surface area (Å²) in [5.74, 6) is 0. The normalized spacial score (nSPS) is 16.0. The number of nitrogens with zero attached hydrogens (tertiary/aromatic N) is 4. The fourth-order valence-electron chi connectivity index (χ4n) is 2.49. The lowest BCUT2D eigenvalue weighted by Crippen LogP contribution is -2.36. The van der Waals surface area contributed by atoms with Gasteiger partial charge in [-0.05, 0) is 24.6 Å². The van der Waals surface area contributed by atoms with Gasteiger partial charge in [-0.3, -0.25) is 4.99 Å². The molecular weight excluding hydrogens is 320 g/mol. The fourth-order valence-corrected chi connectivity index (χ4v) is 3.31. The third kappa shape index (κ3) is 4.01. The molecule has 0 radical (unpaired) electrons. The van der Waals surface area contributed by atoms with Crippen molar-refractivity contribution in [3.63, 3.8) is 0 Å². The molecule has 0 bridgehead atoms. The molecule has 1 aliphatic rings. The molecule has 0 N–H and O–H groups in total. The zero-order valence-electron chi connectivity index (χ0n) is 13.9. The Balaban J connectivity index is 1.75. The number of ether oxygens (including phenoxy) is 1. The molecule has 0 atom stereocenters. The van der Waals surface area contributed by atoms with E-state index in [1.54, 1.807) is 17.4 Å². The van der Waals surface area contributed by atoms with Crippen molar-refractivity contribution in [3.05, 3.63) is 58.4 Å². The Hall–Kier alpha value is -2.18. The number of hydrogen-bond acceptors (Lipinski definition) is 5. The first-order valence-electron chi connectivity index (χ1n) is 8.03. The van der Waals surface area contributed by atoms with Gasteiger partial charge in [-0.2, -0.15) is 5.10 Å². The van der Waals surface area contributed by atoms with Crippen LogP contribution in [0, 0.1) is 6.92 Å². The molecule has 1 saturated heterocycles. The number of hydrogen-bond donors (Lipinski definition) is 0. The maximum absolute atomic E-state index is 5.40. The van der Waals surface area contributed by atoms with Crippen LogP contribution >= 0.6 is 11.3 Å². The summed E-state index contributed by atoms with van der Waals surface area (Å²) in [5.41, 5.74) is 3.38. The maximum atomic E-state index is 5.40. The number of morpholine rings is 1. The second kappa shape index (κ2) is 8.08. The molecular formula is C18H22N4OS. The summed E-state index contributed by atoms with van der Waals surface area (Å²) in [7, 11) is 0. The topological polar surface area (TPSA) is 42.1 Å². The number of benzene rings is 1. The van der Waals surface area contributed by atoms with Gasteiger partial charge < -0.3 is 9.64 Å². The van der Waals surface area contributed by atoms with E-state index in [1.807, 2.05) is 17.8 Å². The molecule has 0 spiro atoms. The summed E-state index contributed by atoms with van der Waals surface area (Å²) in [4.78, 5) is 7.69. The number of rotatable bonds is 5. The Morgan fingerprint density at radius 1 is 1.25 bits per heavy atom. The SMILES string of the molecule is C=CCN=c1scc(C)n1N=Cc1ccc(N2CCOCC2)cc1. The van der Waals surface area contributed by atoms with E-state index in [9.17, 15) is 0 Å². The second-order valence-corrected chi connectivity index (χ2v) is 6.37. The van der Waals surface area contributed by atoms with Crippen molar-refractivity contribution in [2.24, 2.45) is 10.1 Å². The predicted octanol–water partition coefficient (Wildman–Crippen LogP) is 2.66. The van der Waals surface area contributed by atoms with Gasteiger partial charge in [-0.25, -0.2) is 4.68 Å². The van der Waals surface area contributed by atoms with Crippen molar-refractivity contribution < 1.29 is 4.74 Å². The molecule has 1 aromatic carbocycles. The van der Waals surface area contributed by atoms with Crippen molar-refractivity contribution in [1.82, 2.24) is 4.68 Å². The number of anilines is 1. The van der Waals surface area contributed by atoms with Crippen molar-refractivity contribution in [1.29, 1.82) is 0 Å². The molecule has 126 valence electrons. The van der Waals surface area contributed by atoms with Gasteiger partial charge in [0.15, 0.2) is 0 Å². The molecule has 5 nitrogen and oxygen atoms in total. The zero-order chi connectivity index (χ0) is 16.8. The van der Waals surface area contributed by atoms with Crippen LogP contribution < -0.4 is 9.70 Å².